The zero-order valence-electron chi connectivity index (χ0n) is 22.3. The molecule has 202 valence electrons. The number of rotatable bonds is 7. The third-order valence-corrected chi connectivity index (χ3v) is 9.03. The van der Waals surface area contributed by atoms with E-state index in [2.05, 4.69) is 23.1 Å². The van der Waals surface area contributed by atoms with Crippen LogP contribution in [0.25, 0.3) is 20.5 Å². The van der Waals surface area contributed by atoms with Crippen molar-refractivity contribution >= 4 is 27.5 Å². The first-order valence-corrected chi connectivity index (χ1v) is 14.6. The minimum absolute atomic E-state index is 0.263. The monoisotopic (exact) mass is 542 g/mol. The molecule has 0 spiro atoms. The molecule has 2 fully saturated rings. The Bertz CT molecular complexity index is 1470. The number of ether oxygens (including phenoxy) is 2. The van der Waals surface area contributed by atoms with Crippen molar-refractivity contribution in [1.82, 2.24) is 9.80 Å². The first-order valence-electron chi connectivity index (χ1n) is 13.8. The number of hydrogen-bond donors (Lipinski definition) is 1. The van der Waals surface area contributed by atoms with Crippen molar-refractivity contribution in [2.45, 2.75) is 38.6 Å². The van der Waals surface area contributed by atoms with Crippen LogP contribution in [0.5, 0.6) is 17.2 Å². The molecule has 39 heavy (non-hydrogen) atoms. The van der Waals surface area contributed by atoms with E-state index in [0.29, 0.717) is 5.75 Å². The third-order valence-electron chi connectivity index (χ3n) is 7.79. The molecule has 2 saturated heterocycles. The maximum atomic E-state index is 12.4. The van der Waals surface area contributed by atoms with Crippen LogP contribution in [0.2, 0.25) is 0 Å². The van der Waals surface area contributed by atoms with Crippen molar-refractivity contribution in [3.05, 3.63) is 77.4 Å². The third kappa shape index (κ3) is 5.60. The maximum Gasteiger partial charge on any atom is 0.415 e. The van der Waals surface area contributed by atoms with Crippen LogP contribution in [0.3, 0.4) is 0 Å². The van der Waals surface area contributed by atoms with Crippen molar-refractivity contribution < 1.29 is 19.4 Å². The van der Waals surface area contributed by atoms with Crippen LogP contribution in [-0.2, 0) is 13.0 Å². The second-order valence-corrected chi connectivity index (χ2v) is 11.5. The number of carbonyl (C=O) groups excluding carboxylic acids is 1. The number of phenolic OH excluding ortho intramolecular Hbond substituents is 1. The number of phenols is 1. The molecule has 0 aliphatic carbocycles. The van der Waals surface area contributed by atoms with E-state index < -0.39 is 0 Å². The molecule has 6 nitrogen and oxygen atoms in total. The molecule has 1 amide bonds. The van der Waals surface area contributed by atoms with E-state index >= 15 is 0 Å². The van der Waals surface area contributed by atoms with Gasteiger partial charge in [-0.25, -0.2) is 4.79 Å². The minimum Gasteiger partial charge on any atom is -0.508 e. The Labute approximate surface area is 233 Å². The molecule has 0 atom stereocenters. The summed E-state index contributed by atoms with van der Waals surface area (Å²) in [5.41, 5.74) is 4.68. The second-order valence-electron chi connectivity index (χ2n) is 10.5. The first-order chi connectivity index (χ1) is 19.1. The van der Waals surface area contributed by atoms with Crippen LogP contribution in [0, 0.1) is 0 Å². The highest BCUT2D eigenvalue weighted by molar-refractivity contribution is 7.22. The minimum atomic E-state index is -0.277. The van der Waals surface area contributed by atoms with Crippen molar-refractivity contribution in [2.75, 3.05) is 33.3 Å². The van der Waals surface area contributed by atoms with Gasteiger partial charge in [-0.1, -0.05) is 12.1 Å². The van der Waals surface area contributed by atoms with Gasteiger partial charge in [-0.05, 0) is 116 Å². The Balaban J connectivity index is 1.29. The van der Waals surface area contributed by atoms with Crippen LogP contribution in [0.15, 0.2) is 60.7 Å². The summed E-state index contributed by atoms with van der Waals surface area (Å²) in [7, 11) is 1.75. The highest BCUT2D eigenvalue weighted by Crippen LogP contribution is 2.42. The summed E-state index contributed by atoms with van der Waals surface area (Å²) in [6.45, 7) is 4.75. The summed E-state index contributed by atoms with van der Waals surface area (Å²) in [5.74, 6) is 1.75. The van der Waals surface area contributed by atoms with Gasteiger partial charge in [0.25, 0.3) is 0 Å². The molecule has 0 radical (unpaired) electrons. The van der Waals surface area contributed by atoms with Crippen LogP contribution in [-0.4, -0.2) is 54.3 Å². The van der Waals surface area contributed by atoms with Crippen LogP contribution < -0.4 is 9.47 Å². The lowest BCUT2D eigenvalue weighted by atomic mass is 9.97. The molecule has 7 heteroatoms. The predicted molar refractivity (Wildman–Crippen MR) is 156 cm³/mol. The van der Waals surface area contributed by atoms with Gasteiger partial charge in [0.15, 0.2) is 0 Å². The molecule has 0 bridgehead atoms. The normalized spacial score (nSPS) is 15.8. The number of hydrogen-bond acceptors (Lipinski definition) is 6. The van der Waals surface area contributed by atoms with E-state index in [9.17, 15) is 9.90 Å². The van der Waals surface area contributed by atoms with Crippen molar-refractivity contribution in [2.24, 2.45) is 0 Å². The molecule has 4 aromatic rings. The molecule has 2 aliphatic heterocycles. The number of amides is 1. The van der Waals surface area contributed by atoms with E-state index in [1.165, 1.54) is 29.5 Å². The predicted octanol–water partition coefficient (Wildman–Crippen LogP) is 7.06. The topological polar surface area (TPSA) is 62.2 Å². The fourth-order valence-corrected chi connectivity index (χ4v) is 6.96. The Morgan fingerprint density at radius 3 is 2.41 bits per heavy atom. The zero-order chi connectivity index (χ0) is 26.8. The lowest BCUT2D eigenvalue weighted by molar-refractivity contribution is 0.163. The fourth-order valence-electron chi connectivity index (χ4n) is 5.70. The number of thiophene rings is 1. The summed E-state index contributed by atoms with van der Waals surface area (Å²) in [6, 6.07) is 19.9. The first kappa shape index (κ1) is 25.7. The summed E-state index contributed by atoms with van der Waals surface area (Å²) in [5, 5.41) is 11.3. The van der Waals surface area contributed by atoms with Gasteiger partial charge in [0.1, 0.15) is 17.2 Å². The molecular formula is C32H34N2O4S. The van der Waals surface area contributed by atoms with Crippen LogP contribution in [0.4, 0.5) is 4.79 Å². The van der Waals surface area contributed by atoms with Crippen molar-refractivity contribution in [3.8, 4) is 27.7 Å². The summed E-state index contributed by atoms with van der Waals surface area (Å²) < 4.78 is 12.5. The average Bonchev–Trinajstić information content (AvgIpc) is 3.72. The summed E-state index contributed by atoms with van der Waals surface area (Å²) in [4.78, 5) is 17.8. The van der Waals surface area contributed by atoms with Gasteiger partial charge in [-0.15, -0.1) is 11.3 Å². The zero-order valence-corrected chi connectivity index (χ0v) is 23.1. The molecule has 1 aromatic heterocycles. The lowest BCUT2D eigenvalue weighted by Crippen LogP contribution is -2.30. The van der Waals surface area contributed by atoms with Crippen LogP contribution >= 0.6 is 11.3 Å². The Hall–Kier alpha value is -3.55. The molecule has 0 saturated carbocycles. The van der Waals surface area contributed by atoms with Gasteiger partial charge >= 0.3 is 6.09 Å². The van der Waals surface area contributed by atoms with Crippen LogP contribution in [0.1, 0.15) is 42.4 Å². The van der Waals surface area contributed by atoms with Crippen molar-refractivity contribution in [1.29, 1.82) is 0 Å². The number of methoxy groups -OCH3 is 1. The SMILES string of the molecule is COc1cc(Cc2c(-c3ccc(OC(=O)N4CCCC4)cc3)sc3cc(O)ccc23)ccc1CN1CCCC1. The quantitative estimate of drug-likeness (QED) is 0.271. The van der Waals surface area contributed by atoms with Gasteiger partial charge in [-0.2, -0.15) is 0 Å². The molecule has 2 aliphatic rings. The highest BCUT2D eigenvalue weighted by atomic mass is 32.1. The van der Waals surface area contributed by atoms with E-state index in [1.807, 2.05) is 36.4 Å². The summed E-state index contributed by atoms with van der Waals surface area (Å²) in [6.07, 6.45) is 5.07. The number of nitrogens with zero attached hydrogens (tertiary/aromatic N) is 2. The van der Waals surface area contributed by atoms with Crippen molar-refractivity contribution in [3.63, 3.8) is 0 Å². The standard InChI is InChI=1S/C32H34N2O4S/c1-37-29-19-22(6-7-24(29)21-33-14-2-3-15-33)18-28-27-13-10-25(35)20-30(27)39-31(28)23-8-11-26(12-9-23)38-32(36)34-16-4-5-17-34/h6-13,19-20,35H,2-5,14-18,21H2,1H3. The van der Waals surface area contributed by atoms with Gasteiger partial charge in [0, 0.05) is 34.8 Å². The van der Waals surface area contributed by atoms with E-state index in [-0.39, 0.29) is 11.8 Å². The molecule has 3 aromatic carbocycles. The Kier molecular flexibility index (Phi) is 7.44. The Morgan fingerprint density at radius 2 is 1.67 bits per heavy atom. The van der Waals surface area contributed by atoms with E-state index in [4.69, 9.17) is 9.47 Å². The number of fused-ring (bicyclic) bond motifs is 1. The van der Waals surface area contributed by atoms with E-state index in [1.54, 1.807) is 29.4 Å². The number of carbonyl (C=O) groups is 1. The number of likely N-dealkylation sites (tertiary alicyclic amines) is 2. The average molecular weight is 543 g/mol. The second kappa shape index (κ2) is 11.3. The largest absolute Gasteiger partial charge is 0.508 e. The van der Waals surface area contributed by atoms with Gasteiger partial charge < -0.3 is 19.5 Å². The Morgan fingerprint density at radius 1 is 0.923 bits per heavy atom. The molecule has 1 N–H and O–H groups in total. The highest BCUT2D eigenvalue weighted by Gasteiger charge is 2.21. The smallest absolute Gasteiger partial charge is 0.415 e. The van der Waals surface area contributed by atoms with Gasteiger partial charge in [-0.3, -0.25) is 4.90 Å². The van der Waals surface area contributed by atoms with E-state index in [0.717, 1.165) is 78.3 Å². The summed E-state index contributed by atoms with van der Waals surface area (Å²) >= 11 is 1.67. The van der Waals surface area contributed by atoms with Gasteiger partial charge in [0.05, 0.1) is 7.11 Å². The molecule has 0 unspecified atom stereocenters. The maximum absolute atomic E-state index is 12.4. The lowest BCUT2D eigenvalue weighted by Gasteiger charge is -2.18. The molecule has 3 heterocycles. The number of benzene rings is 3. The molecule has 6 rings (SSSR count). The number of aromatic hydroxyl groups is 1. The molecular weight excluding hydrogens is 508 g/mol. The van der Waals surface area contributed by atoms with Gasteiger partial charge in [0.2, 0.25) is 0 Å². The fraction of sp³-hybridized carbons (Fsp3) is 0.344.